The van der Waals surface area contributed by atoms with E-state index in [2.05, 4.69) is 4.99 Å². The van der Waals surface area contributed by atoms with Crippen molar-refractivity contribution in [1.29, 1.82) is 5.26 Å². The molecule has 1 fully saturated rings. The van der Waals surface area contributed by atoms with Crippen LogP contribution in [0.5, 0.6) is 5.88 Å². The second-order valence-electron chi connectivity index (χ2n) is 7.49. The molecule has 1 aromatic carbocycles. The fraction of sp³-hybridized carbons (Fsp3) is 0.300. The highest BCUT2D eigenvalue weighted by Gasteiger charge is 2.33. The van der Waals surface area contributed by atoms with Crippen LogP contribution in [0.3, 0.4) is 0 Å². The highest BCUT2D eigenvalue weighted by molar-refractivity contribution is 7.91. The molecule has 1 unspecified atom stereocenters. The maximum Gasteiger partial charge on any atom is 0.271 e. The number of nitriles is 1. The molecule has 1 amide bonds. The number of benzene rings is 1. The van der Waals surface area contributed by atoms with Crippen molar-refractivity contribution in [2.45, 2.75) is 31.2 Å². The van der Waals surface area contributed by atoms with E-state index in [1.165, 1.54) is 37.4 Å². The molecule has 33 heavy (non-hydrogen) atoms. The summed E-state index contributed by atoms with van der Waals surface area (Å²) in [6, 6.07) is 6.18. The van der Waals surface area contributed by atoms with Crippen LogP contribution >= 0.6 is 0 Å². The van der Waals surface area contributed by atoms with Crippen molar-refractivity contribution in [2.75, 3.05) is 11.5 Å². The third kappa shape index (κ3) is 4.96. The summed E-state index contributed by atoms with van der Waals surface area (Å²) in [6.45, 7) is 2.53. The van der Waals surface area contributed by atoms with Gasteiger partial charge in [0.1, 0.15) is 11.6 Å². The molecule has 0 radical (unpaired) electrons. The second kappa shape index (κ2) is 8.80. The molecule has 2 aromatic rings. The molecule has 0 spiro atoms. The monoisotopic (exact) mass is 492 g/mol. The van der Waals surface area contributed by atoms with E-state index in [-0.39, 0.29) is 45.2 Å². The summed E-state index contributed by atoms with van der Waals surface area (Å²) in [5, 5.41) is 20.2. The van der Waals surface area contributed by atoms with E-state index in [0.717, 1.165) is 11.5 Å². The molecular weight excluding hydrogens is 472 g/mol. The number of nitrogens with zero attached hydrogens (tertiary/aromatic N) is 3. The molecule has 2 heterocycles. The summed E-state index contributed by atoms with van der Waals surface area (Å²) in [5.74, 6) is -1.69. The molecule has 0 saturated carbocycles. The molecule has 0 bridgehead atoms. The first-order valence-electron chi connectivity index (χ1n) is 9.62. The number of carbonyl (C=O) groups excluding carboxylic acids is 1. The smallest absolute Gasteiger partial charge is 0.271 e. The number of pyridine rings is 1. The number of sulfone groups is 1. The van der Waals surface area contributed by atoms with Crippen molar-refractivity contribution in [2.24, 2.45) is 4.99 Å². The van der Waals surface area contributed by atoms with Crippen LogP contribution in [0.2, 0.25) is 0 Å². The molecule has 11 nitrogen and oxygen atoms in total. The standard InChI is InChI=1S/C20H20N4O7S2/c1-12-17(9-21)19(26)24(15-7-8-32(28,29)11-15)20(27)18(12)10-22-14-3-5-16(6-4-14)33(30,31)23-13(2)25/h3-6,10,15,27H,7-8,11H2,1-2H3,(H,23,25). The van der Waals surface area contributed by atoms with Crippen LogP contribution in [-0.4, -0.2) is 50.1 Å². The fourth-order valence-electron chi connectivity index (χ4n) is 3.51. The second-order valence-corrected chi connectivity index (χ2v) is 11.4. The van der Waals surface area contributed by atoms with Gasteiger partial charge >= 0.3 is 0 Å². The normalized spacial score (nSPS) is 17.7. The van der Waals surface area contributed by atoms with Gasteiger partial charge in [0.2, 0.25) is 11.8 Å². The Hall–Kier alpha value is -3.50. The molecule has 0 aliphatic carbocycles. The van der Waals surface area contributed by atoms with E-state index in [0.29, 0.717) is 0 Å². The third-order valence-electron chi connectivity index (χ3n) is 5.13. The molecule has 2 N–H and O–H groups in total. The highest BCUT2D eigenvalue weighted by Crippen LogP contribution is 2.30. The molecule has 13 heteroatoms. The lowest BCUT2D eigenvalue weighted by Gasteiger charge is -2.18. The number of hydrogen-bond acceptors (Lipinski definition) is 9. The summed E-state index contributed by atoms with van der Waals surface area (Å²) in [7, 11) is -7.37. The maximum absolute atomic E-state index is 12.7. The molecule has 174 valence electrons. The number of hydrogen-bond donors (Lipinski definition) is 2. The van der Waals surface area contributed by atoms with Gasteiger partial charge in [0.25, 0.3) is 15.6 Å². The zero-order valence-corrected chi connectivity index (χ0v) is 19.3. The first-order valence-corrected chi connectivity index (χ1v) is 12.9. The van der Waals surface area contributed by atoms with Gasteiger partial charge in [-0.3, -0.25) is 19.1 Å². The minimum atomic E-state index is -4.01. The summed E-state index contributed by atoms with van der Waals surface area (Å²) >= 11 is 0. The number of sulfonamides is 1. The first kappa shape index (κ1) is 24.1. The largest absolute Gasteiger partial charge is 0.494 e. The SMILES string of the molecule is CC(=O)NS(=O)(=O)c1ccc(N=Cc2c(C)c(C#N)c(=O)n(C3CCS(=O)(=O)C3)c2O)cc1. The molecule has 1 aliphatic heterocycles. The van der Waals surface area contributed by atoms with Gasteiger partial charge in [-0.25, -0.2) is 21.6 Å². The van der Waals surface area contributed by atoms with E-state index < -0.39 is 43.2 Å². The Balaban J connectivity index is 2.02. The van der Waals surface area contributed by atoms with Gasteiger partial charge in [-0.2, -0.15) is 5.26 Å². The van der Waals surface area contributed by atoms with Gasteiger partial charge in [0, 0.05) is 13.1 Å². The minimum Gasteiger partial charge on any atom is -0.494 e. The molecule has 1 atom stereocenters. The molecule has 3 rings (SSSR count). The summed E-state index contributed by atoms with van der Waals surface area (Å²) in [6.07, 6.45) is 1.34. The topological polar surface area (TPSA) is 176 Å². The zero-order chi connectivity index (χ0) is 24.6. The minimum absolute atomic E-state index is 0.0605. The van der Waals surface area contributed by atoms with Crippen molar-refractivity contribution >= 4 is 37.7 Å². The average Bonchev–Trinajstić information content (AvgIpc) is 3.07. The van der Waals surface area contributed by atoms with Gasteiger partial charge in [0.15, 0.2) is 9.84 Å². The number of nitrogens with one attached hydrogen (secondary N) is 1. The first-order chi connectivity index (χ1) is 15.4. The van der Waals surface area contributed by atoms with E-state index in [9.17, 15) is 36.8 Å². The Kier molecular flexibility index (Phi) is 6.44. The van der Waals surface area contributed by atoms with Crippen molar-refractivity contribution in [3.8, 4) is 11.9 Å². The predicted molar refractivity (Wildman–Crippen MR) is 119 cm³/mol. The lowest BCUT2D eigenvalue weighted by Crippen LogP contribution is -2.29. The summed E-state index contributed by atoms with van der Waals surface area (Å²) in [5.41, 5.74) is -0.499. The van der Waals surface area contributed by atoms with Gasteiger partial charge in [0.05, 0.1) is 33.7 Å². The van der Waals surface area contributed by atoms with Gasteiger partial charge in [-0.05, 0) is 43.2 Å². The third-order valence-corrected chi connectivity index (χ3v) is 8.33. The van der Waals surface area contributed by atoms with Crippen LogP contribution in [0.4, 0.5) is 5.69 Å². The molecule has 1 aliphatic rings. The lowest BCUT2D eigenvalue weighted by atomic mass is 10.0. The van der Waals surface area contributed by atoms with Crippen LogP contribution in [0.15, 0.2) is 38.9 Å². The number of carbonyl (C=O) groups is 1. The maximum atomic E-state index is 12.7. The molecule has 1 saturated heterocycles. The summed E-state index contributed by atoms with van der Waals surface area (Å²) in [4.78, 5) is 27.8. The highest BCUT2D eigenvalue weighted by atomic mass is 32.2. The van der Waals surface area contributed by atoms with Crippen molar-refractivity contribution in [3.63, 3.8) is 0 Å². The number of aromatic hydroxyl groups is 1. The van der Waals surface area contributed by atoms with Gasteiger partial charge in [-0.15, -0.1) is 0 Å². The Labute approximate surface area is 190 Å². The Bertz CT molecular complexity index is 1470. The van der Waals surface area contributed by atoms with Gasteiger partial charge in [-0.1, -0.05) is 0 Å². The number of aromatic nitrogens is 1. The molecular formula is C20H20N4O7S2. The lowest BCUT2D eigenvalue weighted by molar-refractivity contribution is -0.117. The Morgan fingerprint density at radius 3 is 2.48 bits per heavy atom. The Morgan fingerprint density at radius 2 is 1.97 bits per heavy atom. The quantitative estimate of drug-likeness (QED) is 0.572. The van der Waals surface area contributed by atoms with E-state index in [1.807, 2.05) is 4.72 Å². The van der Waals surface area contributed by atoms with Crippen LogP contribution in [0.1, 0.15) is 36.1 Å². The van der Waals surface area contributed by atoms with Crippen LogP contribution in [0.25, 0.3) is 0 Å². The number of aliphatic imine (C=N–C) groups is 1. The van der Waals surface area contributed by atoms with Crippen LogP contribution in [-0.2, 0) is 24.7 Å². The molecule has 1 aromatic heterocycles. The van der Waals surface area contributed by atoms with Crippen molar-refractivity contribution in [1.82, 2.24) is 9.29 Å². The van der Waals surface area contributed by atoms with Gasteiger partial charge < -0.3 is 5.11 Å². The van der Waals surface area contributed by atoms with E-state index >= 15 is 0 Å². The van der Waals surface area contributed by atoms with Crippen LogP contribution in [0, 0.1) is 18.3 Å². The van der Waals surface area contributed by atoms with Crippen molar-refractivity contribution < 1.29 is 26.7 Å². The number of rotatable bonds is 5. The van der Waals surface area contributed by atoms with Crippen molar-refractivity contribution in [3.05, 3.63) is 51.3 Å². The Morgan fingerprint density at radius 1 is 1.33 bits per heavy atom. The van der Waals surface area contributed by atoms with Crippen LogP contribution < -0.4 is 10.3 Å². The fourth-order valence-corrected chi connectivity index (χ4v) is 6.20. The van der Waals surface area contributed by atoms with E-state index in [1.54, 1.807) is 6.07 Å². The predicted octanol–water partition coefficient (Wildman–Crippen LogP) is 0.669. The zero-order valence-electron chi connectivity index (χ0n) is 17.6. The average molecular weight is 493 g/mol. The summed E-state index contributed by atoms with van der Waals surface area (Å²) < 4.78 is 50.5. The van der Waals surface area contributed by atoms with E-state index in [4.69, 9.17) is 0 Å². The number of amides is 1.